The maximum Gasteiger partial charge on any atom is 0.255 e. The van der Waals surface area contributed by atoms with E-state index in [-0.39, 0.29) is 5.91 Å². The Morgan fingerprint density at radius 3 is 2.62 bits per heavy atom. The minimum Gasteiger partial charge on any atom is -0.319 e. The lowest BCUT2D eigenvalue weighted by Crippen LogP contribution is -2.14. The second-order valence-electron chi connectivity index (χ2n) is 4.65. The first-order chi connectivity index (χ1) is 10.2. The average molecular weight is 278 g/mol. The molecule has 0 spiro atoms. The average Bonchev–Trinajstić information content (AvgIpc) is 3.02. The molecule has 1 amide bonds. The summed E-state index contributed by atoms with van der Waals surface area (Å²) in [6.07, 6.45) is 5.11. The Morgan fingerprint density at radius 2 is 1.90 bits per heavy atom. The van der Waals surface area contributed by atoms with E-state index in [1.807, 2.05) is 19.1 Å². The number of benzene rings is 1. The van der Waals surface area contributed by atoms with Crippen LogP contribution < -0.4 is 5.32 Å². The Morgan fingerprint density at radius 1 is 1.10 bits per heavy atom. The van der Waals surface area contributed by atoms with Gasteiger partial charge in [0.15, 0.2) is 5.82 Å². The lowest BCUT2D eigenvalue weighted by atomic mass is 10.1. The van der Waals surface area contributed by atoms with Gasteiger partial charge in [-0.25, -0.2) is 9.67 Å². The van der Waals surface area contributed by atoms with Crippen LogP contribution in [-0.2, 0) is 0 Å². The first-order valence-electron chi connectivity index (χ1n) is 6.57. The molecule has 0 saturated carbocycles. The number of anilines is 1. The van der Waals surface area contributed by atoms with Gasteiger partial charge in [0.25, 0.3) is 5.91 Å². The smallest absolute Gasteiger partial charge is 0.255 e. The molecule has 0 saturated heterocycles. The first-order valence-corrected chi connectivity index (χ1v) is 6.57. The Bertz CT molecular complexity index is 748. The monoisotopic (exact) mass is 278 g/mol. The van der Waals surface area contributed by atoms with E-state index in [2.05, 4.69) is 15.4 Å². The molecule has 0 aliphatic carbocycles. The maximum atomic E-state index is 12.3. The quantitative estimate of drug-likeness (QED) is 0.801. The van der Waals surface area contributed by atoms with Crippen molar-refractivity contribution in [2.45, 2.75) is 6.92 Å². The van der Waals surface area contributed by atoms with Gasteiger partial charge in [0.1, 0.15) is 0 Å². The molecule has 3 aromatic rings. The summed E-state index contributed by atoms with van der Waals surface area (Å²) in [6, 6.07) is 12.8. The standard InChI is InChI=1S/C16H14N4O/c1-12-5-7-13(8-6-12)16(21)19-14-4-2-9-17-15(14)20-11-3-10-18-20/h2-11H,1H3,(H,19,21). The van der Waals surface area contributed by atoms with Crippen LogP contribution in [0.1, 0.15) is 15.9 Å². The van der Waals surface area contributed by atoms with Crippen LogP contribution in [0.4, 0.5) is 5.69 Å². The highest BCUT2D eigenvalue weighted by molar-refractivity contribution is 6.05. The molecular formula is C16H14N4O. The van der Waals surface area contributed by atoms with Crippen LogP contribution in [0.2, 0.25) is 0 Å². The zero-order chi connectivity index (χ0) is 14.7. The van der Waals surface area contributed by atoms with Crippen molar-refractivity contribution in [2.75, 3.05) is 5.32 Å². The van der Waals surface area contributed by atoms with Crippen LogP contribution in [0.15, 0.2) is 61.1 Å². The third-order valence-corrected chi connectivity index (χ3v) is 3.07. The molecule has 3 rings (SSSR count). The molecule has 0 atom stereocenters. The lowest BCUT2D eigenvalue weighted by molar-refractivity contribution is 0.102. The molecule has 0 fully saturated rings. The fraction of sp³-hybridized carbons (Fsp3) is 0.0625. The molecule has 5 nitrogen and oxygen atoms in total. The van der Waals surface area contributed by atoms with Crippen LogP contribution in [0, 0.1) is 6.92 Å². The van der Waals surface area contributed by atoms with Crippen molar-refractivity contribution in [3.63, 3.8) is 0 Å². The van der Waals surface area contributed by atoms with Crippen LogP contribution >= 0.6 is 0 Å². The summed E-state index contributed by atoms with van der Waals surface area (Å²) in [7, 11) is 0. The van der Waals surface area contributed by atoms with E-state index in [9.17, 15) is 4.79 Å². The molecule has 104 valence electrons. The lowest BCUT2D eigenvalue weighted by Gasteiger charge is -2.10. The molecule has 2 heterocycles. The number of nitrogens with zero attached hydrogens (tertiary/aromatic N) is 3. The fourth-order valence-electron chi connectivity index (χ4n) is 1.97. The number of hydrogen-bond donors (Lipinski definition) is 1. The summed E-state index contributed by atoms with van der Waals surface area (Å²) in [5, 5.41) is 7.01. The summed E-state index contributed by atoms with van der Waals surface area (Å²) < 4.78 is 1.62. The molecule has 0 radical (unpaired) electrons. The second kappa shape index (κ2) is 5.58. The van der Waals surface area contributed by atoms with Crippen molar-refractivity contribution >= 4 is 11.6 Å². The van der Waals surface area contributed by atoms with Crippen LogP contribution in [0.3, 0.4) is 0 Å². The normalized spacial score (nSPS) is 10.3. The van der Waals surface area contributed by atoms with E-state index >= 15 is 0 Å². The van der Waals surface area contributed by atoms with Crippen molar-refractivity contribution in [1.82, 2.24) is 14.8 Å². The molecule has 2 aromatic heterocycles. The zero-order valence-corrected chi connectivity index (χ0v) is 11.5. The second-order valence-corrected chi connectivity index (χ2v) is 4.65. The van der Waals surface area contributed by atoms with E-state index in [1.54, 1.807) is 53.6 Å². The predicted octanol–water partition coefficient (Wildman–Crippen LogP) is 2.83. The number of amides is 1. The van der Waals surface area contributed by atoms with Crippen molar-refractivity contribution in [3.05, 3.63) is 72.2 Å². The summed E-state index contributed by atoms with van der Waals surface area (Å²) in [6.45, 7) is 1.98. The predicted molar refractivity (Wildman–Crippen MR) is 80.5 cm³/mol. The number of pyridine rings is 1. The molecule has 0 bridgehead atoms. The van der Waals surface area contributed by atoms with Gasteiger partial charge >= 0.3 is 0 Å². The van der Waals surface area contributed by atoms with Crippen molar-refractivity contribution in [2.24, 2.45) is 0 Å². The van der Waals surface area contributed by atoms with Crippen molar-refractivity contribution in [1.29, 1.82) is 0 Å². The molecule has 5 heteroatoms. The summed E-state index contributed by atoms with van der Waals surface area (Å²) in [5.74, 6) is 0.416. The fourth-order valence-corrected chi connectivity index (χ4v) is 1.97. The van der Waals surface area contributed by atoms with Gasteiger partial charge in [-0.3, -0.25) is 4.79 Å². The van der Waals surface area contributed by atoms with Crippen LogP contribution in [-0.4, -0.2) is 20.7 Å². The summed E-state index contributed by atoms with van der Waals surface area (Å²) in [5.41, 5.74) is 2.34. The first kappa shape index (κ1) is 13.1. The van der Waals surface area contributed by atoms with E-state index in [4.69, 9.17) is 0 Å². The molecule has 1 aromatic carbocycles. The van der Waals surface area contributed by atoms with Crippen molar-refractivity contribution in [3.8, 4) is 5.82 Å². The van der Waals surface area contributed by atoms with Gasteiger partial charge in [0.2, 0.25) is 0 Å². The van der Waals surface area contributed by atoms with E-state index in [0.717, 1.165) is 5.56 Å². The van der Waals surface area contributed by atoms with Gasteiger partial charge in [-0.1, -0.05) is 17.7 Å². The van der Waals surface area contributed by atoms with Gasteiger partial charge in [-0.05, 0) is 37.3 Å². The third kappa shape index (κ3) is 2.81. The number of aromatic nitrogens is 3. The Labute approximate surface area is 122 Å². The number of rotatable bonds is 3. The number of nitrogens with one attached hydrogen (secondary N) is 1. The minimum absolute atomic E-state index is 0.170. The van der Waals surface area contributed by atoms with Crippen LogP contribution in [0.25, 0.3) is 5.82 Å². The largest absolute Gasteiger partial charge is 0.319 e. The molecule has 21 heavy (non-hydrogen) atoms. The molecule has 0 unspecified atom stereocenters. The molecule has 0 aliphatic heterocycles. The number of carbonyl (C=O) groups is 1. The topological polar surface area (TPSA) is 59.8 Å². The summed E-state index contributed by atoms with van der Waals surface area (Å²) >= 11 is 0. The molecule has 1 N–H and O–H groups in total. The zero-order valence-electron chi connectivity index (χ0n) is 11.5. The van der Waals surface area contributed by atoms with Gasteiger partial charge in [0.05, 0.1) is 5.69 Å². The van der Waals surface area contributed by atoms with E-state index in [1.165, 1.54) is 0 Å². The molecular weight excluding hydrogens is 264 g/mol. The number of carbonyl (C=O) groups excluding carboxylic acids is 1. The van der Waals surface area contributed by atoms with Gasteiger partial charge in [0, 0.05) is 24.2 Å². The SMILES string of the molecule is Cc1ccc(C(=O)Nc2cccnc2-n2cccn2)cc1. The van der Waals surface area contributed by atoms with E-state index < -0.39 is 0 Å². The van der Waals surface area contributed by atoms with Crippen molar-refractivity contribution < 1.29 is 4.79 Å². The number of aryl methyl sites for hydroxylation is 1. The highest BCUT2D eigenvalue weighted by Crippen LogP contribution is 2.17. The minimum atomic E-state index is -0.170. The maximum absolute atomic E-state index is 12.3. The van der Waals surface area contributed by atoms with Gasteiger partial charge in [-0.15, -0.1) is 0 Å². The third-order valence-electron chi connectivity index (χ3n) is 3.07. The van der Waals surface area contributed by atoms with Gasteiger partial charge in [-0.2, -0.15) is 5.10 Å². The van der Waals surface area contributed by atoms with Crippen LogP contribution in [0.5, 0.6) is 0 Å². The molecule has 0 aliphatic rings. The van der Waals surface area contributed by atoms with Gasteiger partial charge < -0.3 is 5.32 Å². The Kier molecular flexibility index (Phi) is 3.47. The highest BCUT2D eigenvalue weighted by Gasteiger charge is 2.11. The number of hydrogen-bond acceptors (Lipinski definition) is 3. The summed E-state index contributed by atoms with van der Waals surface area (Å²) in [4.78, 5) is 16.5. The highest BCUT2D eigenvalue weighted by atomic mass is 16.1. The van der Waals surface area contributed by atoms with E-state index in [0.29, 0.717) is 17.1 Å². The Hall–Kier alpha value is -2.95. The Balaban J connectivity index is 1.88.